The third kappa shape index (κ3) is 3.08. The molecular formula is C12H19N3O3. The minimum absolute atomic E-state index is 0.139. The lowest BCUT2D eigenvalue weighted by molar-refractivity contribution is -0.122. The highest BCUT2D eigenvalue weighted by molar-refractivity contribution is 5.93. The van der Waals surface area contributed by atoms with Gasteiger partial charge in [0.05, 0.1) is 17.8 Å². The van der Waals surface area contributed by atoms with Crippen molar-refractivity contribution in [2.75, 3.05) is 18.4 Å². The molecule has 1 amide bonds. The van der Waals surface area contributed by atoms with Crippen molar-refractivity contribution < 1.29 is 14.4 Å². The number of carbonyl (C=O) groups is 1. The van der Waals surface area contributed by atoms with Gasteiger partial charge in [0, 0.05) is 12.6 Å². The molecular weight excluding hydrogens is 234 g/mol. The van der Waals surface area contributed by atoms with Crippen LogP contribution in [-0.2, 0) is 4.79 Å². The molecule has 1 aromatic heterocycles. The number of aromatic nitrogens is 1. The third-order valence-electron chi connectivity index (χ3n) is 3.23. The van der Waals surface area contributed by atoms with E-state index in [1.54, 1.807) is 13.0 Å². The summed E-state index contributed by atoms with van der Waals surface area (Å²) in [5.41, 5.74) is 0.728. The number of anilines is 1. The summed E-state index contributed by atoms with van der Waals surface area (Å²) in [5.74, 6) is 0.224. The number of likely N-dealkylation sites (tertiary alicyclic amines) is 1. The maximum absolute atomic E-state index is 12.0. The molecule has 0 aliphatic carbocycles. The molecule has 0 aromatic carbocycles. The Morgan fingerprint density at radius 3 is 3.11 bits per heavy atom. The molecule has 6 nitrogen and oxygen atoms in total. The zero-order valence-corrected chi connectivity index (χ0v) is 10.7. The third-order valence-corrected chi connectivity index (χ3v) is 3.23. The molecule has 1 fully saturated rings. The lowest BCUT2D eigenvalue weighted by Gasteiger charge is -2.33. The SMILES string of the molecule is Cc1cc(NC(=O)C(C)N2CCCC(O)C2)on1. The van der Waals surface area contributed by atoms with Crippen molar-refractivity contribution in [3.8, 4) is 0 Å². The first-order chi connectivity index (χ1) is 8.56. The van der Waals surface area contributed by atoms with Crippen LogP contribution in [0.3, 0.4) is 0 Å². The van der Waals surface area contributed by atoms with E-state index < -0.39 is 0 Å². The quantitative estimate of drug-likeness (QED) is 0.831. The Hall–Kier alpha value is -1.40. The highest BCUT2D eigenvalue weighted by Gasteiger charge is 2.26. The number of carbonyl (C=O) groups excluding carboxylic acids is 1. The second-order valence-corrected chi connectivity index (χ2v) is 4.79. The number of aryl methyl sites for hydroxylation is 1. The summed E-state index contributed by atoms with van der Waals surface area (Å²) < 4.78 is 4.94. The van der Waals surface area contributed by atoms with Crippen molar-refractivity contribution in [1.82, 2.24) is 10.1 Å². The summed E-state index contributed by atoms with van der Waals surface area (Å²) in [6.45, 7) is 5.01. The Labute approximate surface area is 106 Å². The number of aliphatic hydroxyl groups excluding tert-OH is 1. The first-order valence-corrected chi connectivity index (χ1v) is 6.22. The van der Waals surface area contributed by atoms with Crippen molar-refractivity contribution in [2.45, 2.75) is 38.8 Å². The minimum atomic E-state index is -0.332. The van der Waals surface area contributed by atoms with Gasteiger partial charge in [0.25, 0.3) is 0 Å². The van der Waals surface area contributed by atoms with Gasteiger partial charge in [-0.2, -0.15) is 0 Å². The normalized spacial score (nSPS) is 22.7. The van der Waals surface area contributed by atoms with E-state index >= 15 is 0 Å². The van der Waals surface area contributed by atoms with Crippen LogP contribution < -0.4 is 5.32 Å². The van der Waals surface area contributed by atoms with Gasteiger partial charge in [0.2, 0.25) is 11.8 Å². The fraction of sp³-hybridized carbons (Fsp3) is 0.667. The summed E-state index contributed by atoms with van der Waals surface area (Å²) in [6, 6.07) is 1.39. The first-order valence-electron chi connectivity index (χ1n) is 6.22. The molecule has 0 bridgehead atoms. The number of rotatable bonds is 3. The second kappa shape index (κ2) is 5.49. The number of nitrogens with zero attached hydrogens (tertiary/aromatic N) is 2. The molecule has 2 unspecified atom stereocenters. The molecule has 1 aromatic rings. The van der Waals surface area contributed by atoms with Gasteiger partial charge in [-0.3, -0.25) is 15.0 Å². The maximum atomic E-state index is 12.0. The van der Waals surface area contributed by atoms with Crippen LogP contribution >= 0.6 is 0 Å². The highest BCUT2D eigenvalue weighted by Crippen LogP contribution is 2.15. The molecule has 0 radical (unpaired) electrons. The molecule has 2 atom stereocenters. The van der Waals surface area contributed by atoms with Gasteiger partial charge in [0.1, 0.15) is 0 Å². The Morgan fingerprint density at radius 1 is 1.72 bits per heavy atom. The molecule has 2 N–H and O–H groups in total. The van der Waals surface area contributed by atoms with Crippen LogP contribution in [0.4, 0.5) is 5.88 Å². The van der Waals surface area contributed by atoms with Gasteiger partial charge >= 0.3 is 0 Å². The maximum Gasteiger partial charge on any atom is 0.243 e. The van der Waals surface area contributed by atoms with Crippen LogP contribution in [0, 0.1) is 6.92 Å². The van der Waals surface area contributed by atoms with Crippen molar-refractivity contribution in [3.05, 3.63) is 11.8 Å². The van der Waals surface area contributed by atoms with E-state index in [9.17, 15) is 9.90 Å². The van der Waals surface area contributed by atoms with Crippen LogP contribution in [0.1, 0.15) is 25.5 Å². The fourth-order valence-electron chi connectivity index (χ4n) is 2.15. The lowest BCUT2D eigenvalue weighted by Crippen LogP contribution is -2.48. The Bertz CT molecular complexity index is 418. The number of aliphatic hydroxyl groups is 1. The standard InChI is InChI=1S/C12H19N3O3/c1-8-6-11(18-14-8)13-12(17)9(2)15-5-3-4-10(16)7-15/h6,9-10,16H,3-5,7H2,1-2H3,(H,13,17). The first kappa shape index (κ1) is 13.0. The van der Waals surface area contributed by atoms with Gasteiger partial charge in [-0.05, 0) is 33.2 Å². The summed E-state index contributed by atoms with van der Waals surface area (Å²) in [5, 5.41) is 16.0. The summed E-state index contributed by atoms with van der Waals surface area (Å²) in [6.07, 6.45) is 1.40. The van der Waals surface area contributed by atoms with Crippen LogP contribution in [-0.4, -0.2) is 46.3 Å². The van der Waals surface area contributed by atoms with Crippen molar-refractivity contribution in [1.29, 1.82) is 0 Å². The van der Waals surface area contributed by atoms with Crippen LogP contribution in [0.15, 0.2) is 10.6 Å². The highest BCUT2D eigenvalue weighted by atomic mass is 16.5. The topological polar surface area (TPSA) is 78.6 Å². The van der Waals surface area contributed by atoms with Gasteiger partial charge in [0.15, 0.2) is 0 Å². The van der Waals surface area contributed by atoms with E-state index in [1.807, 2.05) is 11.8 Å². The van der Waals surface area contributed by atoms with E-state index in [1.165, 1.54) is 0 Å². The average Bonchev–Trinajstić information content (AvgIpc) is 2.73. The molecule has 6 heteroatoms. The summed E-state index contributed by atoms with van der Waals surface area (Å²) in [4.78, 5) is 14.0. The van der Waals surface area contributed by atoms with Gasteiger partial charge in [-0.1, -0.05) is 5.16 Å². The molecule has 100 valence electrons. The number of hydrogen-bond donors (Lipinski definition) is 2. The second-order valence-electron chi connectivity index (χ2n) is 4.79. The molecule has 2 rings (SSSR count). The van der Waals surface area contributed by atoms with Crippen molar-refractivity contribution in [2.24, 2.45) is 0 Å². The Balaban J connectivity index is 1.91. The molecule has 1 aliphatic heterocycles. The fourth-order valence-corrected chi connectivity index (χ4v) is 2.15. The monoisotopic (exact) mass is 253 g/mol. The van der Waals surface area contributed by atoms with Crippen molar-refractivity contribution in [3.63, 3.8) is 0 Å². The van der Waals surface area contributed by atoms with Crippen LogP contribution in [0.2, 0.25) is 0 Å². The summed E-state index contributed by atoms with van der Waals surface area (Å²) in [7, 11) is 0. The van der Waals surface area contributed by atoms with E-state index in [0.29, 0.717) is 12.4 Å². The number of piperidine rings is 1. The lowest BCUT2D eigenvalue weighted by atomic mass is 10.1. The largest absolute Gasteiger partial charge is 0.392 e. The minimum Gasteiger partial charge on any atom is -0.392 e. The van der Waals surface area contributed by atoms with E-state index in [-0.39, 0.29) is 18.1 Å². The predicted octanol–water partition coefficient (Wildman–Crippen LogP) is 0.767. The summed E-state index contributed by atoms with van der Waals surface area (Å²) >= 11 is 0. The van der Waals surface area contributed by atoms with Gasteiger partial charge < -0.3 is 9.63 Å². The zero-order valence-electron chi connectivity index (χ0n) is 10.7. The van der Waals surface area contributed by atoms with Gasteiger partial charge in [-0.25, -0.2) is 0 Å². The number of amides is 1. The number of β-amino-alcohol motifs (C(OH)–C–C–N with tert-alkyl or cyclic N) is 1. The smallest absolute Gasteiger partial charge is 0.243 e. The average molecular weight is 253 g/mol. The van der Waals surface area contributed by atoms with E-state index in [2.05, 4.69) is 10.5 Å². The molecule has 18 heavy (non-hydrogen) atoms. The van der Waals surface area contributed by atoms with Gasteiger partial charge in [-0.15, -0.1) is 0 Å². The van der Waals surface area contributed by atoms with Crippen molar-refractivity contribution >= 4 is 11.8 Å². The van der Waals surface area contributed by atoms with Crippen LogP contribution in [0.25, 0.3) is 0 Å². The Morgan fingerprint density at radius 2 is 2.50 bits per heavy atom. The predicted molar refractivity (Wildman–Crippen MR) is 66.1 cm³/mol. The molecule has 2 heterocycles. The molecule has 1 saturated heterocycles. The van der Waals surface area contributed by atoms with E-state index in [0.717, 1.165) is 25.1 Å². The zero-order chi connectivity index (χ0) is 13.1. The van der Waals surface area contributed by atoms with E-state index in [4.69, 9.17) is 4.52 Å². The van der Waals surface area contributed by atoms with Crippen LogP contribution in [0.5, 0.6) is 0 Å². The number of hydrogen-bond acceptors (Lipinski definition) is 5. The molecule has 0 spiro atoms. The number of nitrogens with one attached hydrogen (secondary N) is 1. The Kier molecular flexibility index (Phi) is 3.98. The molecule has 0 saturated carbocycles. The molecule has 1 aliphatic rings.